The van der Waals surface area contributed by atoms with Gasteiger partial charge in [0.05, 0.1) is 17.8 Å². The van der Waals surface area contributed by atoms with Crippen molar-refractivity contribution < 1.29 is 9.47 Å². The molecular formula is C17H18BrN3O2S. The molecule has 0 amide bonds. The molecule has 0 unspecified atom stereocenters. The summed E-state index contributed by atoms with van der Waals surface area (Å²) in [7, 11) is 1.59. The summed E-state index contributed by atoms with van der Waals surface area (Å²) < 4.78 is 12.1. The van der Waals surface area contributed by atoms with Gasteiger partial charge in [-0.15, -0.1) is 0 Å². The number of methoxy groups -OCH3 is 1. The van der Waals surface area contributed by atoms with Crippen LogP contribution in [-0.4, -0.2) is 18.4 Å². The number of benzene rings is 2. The zero-order valence-electron chi connectivity index (χ0n) is 13.4. The van der Waals surface area contributed by atoms with E-state index in [1.807, 2.05) is 30.3 Å². The molecular weight excluding hydrogens is 390 g/mol. The Kier molecular flexibility index (Phi) is 6.57. The number of nitrogens with zero attached hydrogens (tertiary/aromatic N) is 1. The molecule has 5 nitrogen and oxygen atoms in total. The maximum atomic E-state index is 5.95. The monoisotopic (exact) mass is 407 g/mol. The van der Waals surface area contributed by atoms with E-state index in [1.165, 1.54) is 5.56 Å². The summed E-state index contributed by atoms with van der Waals surface area (Å²) in [5.74, 6) is 1.25. The van der Waals surface area contributed by atoms with Crippen molar-refractivity contribution in [3.8, 4) is 11.5 Å². The molecule has 0 atom stereocenters. The van der Waals surface area contributed by atoms with E-state index in [0.29, 0.717) is 18.1 Å². The van der Waals surface area contributed by atoms with Gasteiger partial charge in [-0.3, -0.25) is 5.43 Å². The minimum absolute atomic E-state index is 0.107. The number of rotatable bonds is 6. The highest BCUT2D eigenvalue weighted by Crippen LogP contribution is 2.37. The zero-order chi connectivity index (χ0) is 17.5. The van der Waals surface area contributed by atoms with Crippen LogP contribution < -0.4 is 20.6 Å². The quantitative estimate of drug-likeness (QED) is 0.435. The van der Waals surface area contributed by atoms with Gasteiger partial charge in [0.2, 0.25) is 0 Å². The normalized spacial score (nSPS) is 10.6. The second-order valence-electron chi connectivity index (χ2n) is 4.98. The molecule has 0 heterocycles. The molecule has 0 bridgehead atoms. The largest absolute Gasteiger partial charge is 0.493 e. The maximum Gasteiger partial charge on any atom is 0.184 e. The number of ether oxygens (including phenoxy) is 2. The van der Waals surface area contributed by atoms with Crippen molar-refractivity contribution in [1.29, 1.82) is 0 Å². The summed E-state index contributed by atoms with van der Waals surface area (Å²) in [6, 6.07) is 11.8. The molecule has 0 aliphatic rings. The first-order valence-electron chi connectivity index (χ1n) is 7.14. The van der Waals surface area contributed by atoms with E-state index >= 15 is 0 Å². The lowest BCUT2D eigenvalue weighted by molar-refractivity contribution is 0.282. The predicted molar refractivity (Wildman–Crippen MR) is 104 cm³/mol. The van der Waals surface area contributed by atoms with Crippen LogP contribution in [0.5, 0.6) is 11.5 Å². The molecule has 2 aromatic carbocycles. The third kappa shape index (κ3) is 4.94. The van der Waals surface area contributed by atoms with Crippen LogP contribution in [0.25, 0.3) is 0 Å². The Morgan fingerprint density at radius 3 is 2.79 bits per heavy atom. The number of aryl methyl sites for hydroxylation is 1. The van der Waals surface area contributed by atoms with Crippen LogP contribution >= 0.6 is 28.1 Å². The van der Waals surface area contributed by atoms with Gasteiger partial charge in [-0.1, -0.05) is 24.3 Å². The Bertz CT molecular complexity index is 765. The lowest BCUT2D eigenvalue weighted by Gasteiger charge is -2.14. The lowest BCUT2D eigenvalue weighted by Crippen LogP contribution is -2.23. The molecule has 24 heavy (non-hydrogen) atoms. The number of nitrogens with one attached hydrogen (secondary N) is 1. The molecule has 0 spiro atoms. The molecule has 0 aliphatic heterocycles. The molecule has 0 aromatic heterocycles. The molecule has 0 saturated heterocycles. The molecule has 2 aromatic rings. The van der Waals surface area contributed by atoms with Crippen LogP contribution in [0.4, 0.5) is 0 Å². The summed E-state index contributed by atoms with van der Waals surface area (Å²) in [5, 5.41) is 4.04. The number of nitrogens with two attached hydrogens (primary N) is 1. The molecule has 0 saturated carbocycles. The summed E-state index contributed by atoms with van der Waals surface area (Å²) in [4.78, 5) is 0. The SMILES string of the molecule is COc1cc(/C=N\NC(N)=S)cc(Br)c1OCc1ccccc1C. The van der Waals surface area contributed by atoms with Crippen LogP contribution in [0.2, 0.25) is 0 Å². The lowest BCUT2D eigenvalue weighted by atomic mass is 10.1. The van der Waals surface area contributed by atoms with Gasteiger partial charge in [0.1, 0.15) is 6.61 Å². The molecule has 7 heteroatoms. The van der Waals surface area contributed by atoms with Crippen molar-refractivity contribution >= 4 is 39.5 Å². The average molecular weight is 408 g/mol. The van der Waals surface area contributed by atoms with Crippen molar-refractivity contribution in [1.82, 2.24) is 5.43 Å². The number of hydrazone groups is 1. The standard InChI is InChI=1S/C17H18BrN3O2S/c1-11-5-3-4-6-13(11)10-23-16-14(18)7-12(8-15(16)22-2)9-20-21-17(19)24/h3-9H,10H2,1-2H3,(H3,19,21,24)/b20-9-. The Morgan fingerprint density at radius 1 is 1.38 bits per heavy atom. The van der Waals surface area contributed by atoms with Crippen molar-refractivity contribution in [2.45, 2.75) is 13.5 Å². The smallest absolute Gasteiger partial charge is 0.184 e. The highest BCUT2D eigenvalue weighted by Gasteiger charge is 2.12. The van der Waals surface area contributed by atoms with Crippen LogP contribution in [0.3, 0.4) is 0 Å². The van der Waals surface area contributed by atoms with Crippen molar-refractivity contribution in [3.63, 3.8) is 0 Å². The van der Waals surface area contributed by atoms with Crippen LogP contribution in [-0.2, 0) is 6.61 Å². The maximum absolute atomic E-state index is 5.95. The molecule has 0 aliphatic carbocycles. The Balaban J connectivity index is 2.19. The third-order valence-electron chi connectivity index (χ3n) is 3.27. The van der Waals surface area contributed by atoms with Crippen LogP contribution in [0.15, 0.2) is 46.0 Å². The van der Waals surface area contributed by atoms with Crippen molar-refractivity contribution in [2.75, 3.05) is 7.11 Å². The highest BCUT2D eigenvalue weighted by molar-refractivity contribution is 9.10. The molecule has 0 radical (unpaired) electrons. The van der Waals surface area contributed by atoms with E-state index in [1.54, 1.807) is 13.3 Å². The minimum Gasteiger partial charge on any atom is -0.493 e. The summed E-state index contributed by atoms with van der Waals surface area (Å²) >= 11 is 8.21. The fraction of sp³-hybridized carbons (Fsp3) is 0.176. The zero-order valence-corrected chi connectivity index (χ0v) is 15.8. The topological polar surface area (TPSA) is 68.9 Å². The first kappa shape index (κ1) is 18.2. The third-order valence-corrected chi connectivity index (χ3v) is 3.95. The fourth-order valence-electron chi connectivity index (χ4n) is 2.05. The highest BCUT2D eigenvalue weighted by atomic mass is 79.9. The molecule has 3 N–H and O–H groups in total. The van der Waals surface area contributed by atoms with Gasteiger partial charge in [-0.25, -0.2) is 0 Å². The van der Waals surface area contributed by atoms with Gasteiger partial charge in [-0.2, -0.15) is 5.10 Å². The van der Waals surface area contributed by atoms with E-state index in [-0.39, 0.29) is 5.11 Å². The first-order chi connectivity index (χ1) is 11.5. The molecule has 126 valence electrons. The van der Waals surface area contributed by atoms with Crippen LogP contribution in [0.1, 0.15) is 16.7 Å². The van der Waals surface area contributed by atoms with E-state index in [2.05, 4.69) is 39.4 Å². The van der Waals surface area contributed by atoms with Gasteiger partial charge in [-0.05, 0) is 63.9 Å². The van der Waals surface area contributed by atoms with Gasteiger partial charge >= 0.3 is 0 Å². The number of hydrogen-bond acceptors (Lipinski definition) is 4. The number of halogens is 1. The number of thiocarbonyl (C=S) groups is 1. The molecule has 2 rings (SSSR count). The second-order valence-corrected chi connectivity index (χ2v) is 6.28. The van der Waals surface area contributed by atoms with E-state index in [0.717, 1.165) is 15.6 Å². The summed E-state index contributed by atoms with van der Waals surface area (Å²) in [5.41, 5.74) is 11.0. The molecule has 0 fully saturated rings. The Morgan fingerprint density at radius 2 is 2.12 bits per heavy atom. The summed E-state index contributed by atoms with van der Waals surface area (Å²) in [6.45, 7) is 2.51. The van der Waals surface area contributed by atoms with Gasteiger partial charge in [0.15, 0.2) is 16.6 Å². The van der Waals surface area contributed by atoms with Crippen molar-refractivity contribution in [3.05, 3.63) is 57.6 Å². The van der Waals surface area contributed by atoms with Crippen molar-refractivity contribution in [2.24, 2.45) is 10.8 Å². The average Bonchev–Trinajstić information content (AvgIpc) is 2.54. The Hall–Kier alpha value is -2.12. The number of hydrogen-bond donors (Lipinski definition) is 2. The fourth-order valence-corrected chi connectivity index (χ4v) is 2.67. The van der Waals surface area contributed by atoms with Gasteiger partial charge in [0, 0.05) is 0 Å². The van der Waals surface area contributed by atoms with E-state index in [9.17, 15) is 0 Å². The van der Waals surface area contributed by atoms with Gasteiger partial charge in [0.25, 0.3) is 0 Å². The van der Waals surface area contributed by atoms with E-state index in [4.69, 9.17) is 27.4 Å². The first-order valence-corrected chi connectivity index (χ1v) is 8.34. The van der Waals surface area contributed by atoms with E-state index < -0.39 is 0 Å². The van der Waals surface area contributed by atoms with Gasteiger partial charge < -0.3 is 15.2 Å². The Labute approximate surface area is 155 Å². The summed E-state index contributed by atoms with van der Waals surface area (Å²) in [6.07, 6.45) is 1.59. The predicted octanol–water partition coefficient (Wildman–Crippen LogP) is 3.51. The van der Waals surface area contributed by atoms with Crippen LogP contribution in [0, 0.1) is 6.92 Å². The second kappa shape index (κ2) is 8.65. The minimum atomic E-state index is 0.107.